The molecule has 0 spiro atoms. The van der Waals surface area contributed by atoms with E-state index in [1.165, 1.54) is 104 Å². The predicted molar refractivity (Wildman–Crippen MR) is 130 cm³/mol. The highest BCUT2D eigenvalue weighted by molar-refractivity contribution is 8.03. The normalized spacial score (nSPS) is 11.2. The Morgan fingerprint density at radius 3 is 1.37 bits per heavy atom. The topological polar surface area (TPSA) is 0 Å². The summed E-state index contributed by atoms with van der Waals surface area (Å²) in [5.41, 5.74) is 0. The molecule has 0 unspecified atom stereocenters. The van der Waals surface area contributed by atoms with E-state index < -0.39 is 0 Å². The van der Waals surface area contributed by atoms with Crippen LogP contribution in [0, 0.1) is 6.07 Å². The predicted octanol–water partition coefficient (Wildman–Crippen LogP) is 9.50. The maximum Gasteiger partial charge on any atom is 0.0345 e. The van der Waals surface area contributed by atoms with Crippen molar-refractivity contribution >= 4 is 35.3 Å². The van der Waals surface area contributed by atoms with Crippen molar-refractivity contribution in [1.82, 2.24) is 0 Å². The van der Waals surface area contributed by atoms with Crippen LogP contribution in [0.15, 0.2) is 26.8 Å². The minimum absolute atomic E-state index is 1.25. The van der Waals surface area contributed by atoms with Gasteiger partial charge in [0.05, 0.1) is 0 Å². The first kappa shape index (κ1) is 25.3. The average molecular weight is 426 g/mol. The number of thioether (sulfide) groups is 3. The van der Waals surface area contributed by atoms with E-state index in [0.717, 1.165) is 0 Å². The quantitative estimate of drug-likeness (QED) is 0.170. The van der Waals surface area contributed by atoms with Gasteiger partial charge in [-0.3, -0.25) is 0 Å². The summed E-state index contributed by atoms with van der Waals surface area (Å²) in [6.07, 6.45) is 16.2. The van der Waals surface area contributed by atoms with E-state index in [1.807, 2.05) is 0 Å². The van der Waals surface area contributed by atoms with Gasteiger partial charge in [-0.1, -0.05) is 78.6 Å². The lowest BCUT2D eigenvalue weighted by atomic mass is 10.2. The molecule has 0 nitrogen and oxygen atoms in total. The molecule has 1 aromatic carbocycles. The van der Waals surface area contributed by atoms with E-state index in [0.29, 0.717) is 0 Å². The molecule has 0 atom stereocenters. The summed E-state index contributed by atoms with van der Waals surface area (Å²) in [7, 11) is 0. The van der Waals surface area contributed by atoms with Crippen LogP contribution in [0.3, 0.4) is 0 Å². The summed E-state index contributed by atoms with van der Waals surface area (Å²) in [4.78, 5) is 4.50. The molecule has 0 N–H and O–H groups in total. The molecule has 0 aromatic heterocycles. The van der Waals surface area contributed by atoms with Crippen molar-refractivity contribution in [2.75, 3.05) is 17.3 Å². The molecule has 0 fully saturated rings. The number of rotatable bonds is 18. The van der Waals surface area contributed by atoms with E-state index in [-0.39, 0.29) is 0 Å². The molecule has 1 radical (unpaired) electrons. The lowest BCUT2D eigenvalue weighted by Crippen LogP contribution is -1.90. The average Bonchev–Trinajstić information content (AvgIpc) is 2.68. The van der Waals surface area contributed by atoms with Gasteiger partial charge in [-0.2, -0.15) is 0 Å². The Morgan fingerprint density at radius 1 is 0.556 bits per heavy atom. The van der Waals surface area contributed by atoms with Crippen LogP contribution in [-0.2, 0) is 0 Å². The Bertz CT molecular complexity index is 427. The highest BCUT2D eigenvalue weighted by atomic mass is 32.2. The third-order valence-corrected chi connectivity index (χ3v) is 8.36. The minimum atomic E-state index is 1.25. The molecule has 0 amide bonds. The van der Waals surface area contributed by atoms with E-state index in [1.54, 1.807) is 4.90 Å². The van der Waals surface area contributed by atoms with Crippen LogP contribution in [0.1, 0.15) is 97.8 Å². The van der Waals surface area contributed by atoms with Gasteiger partial charge in [0.2, 0.25) is 0 Å². The van der Waals surface area contributed by atoms with Crippen molar-refractivity contribution in [1.29, 1.82) is 0 Å². The SMILES string of the molecule is CCCCCCSc1c[c]cc(SCCCCCC)c1SCCCCCC. The van der Waals surface area contributed by atoms with Gasteiger partial charge in [0.1, 0.15) is 0 Å². The summed E-state index contributed by atoms with van der Waals surface area (Å²) in [5, 5.41) is 0. The number of hydrogen-bond acceptors (Lipinski definition) is 3. The summed E-state index contributed by atoms with van der Waals surface area (Å²) in [6.45, 7) is 6.87. The van der Waals surface area contributed by atoms with Crippen molar-refractivity contribution in [3.8, 4) is 0 Å². The Kier molecular flexibility index (Phi) is 17.2. The van der Waals surface area contributed by atoms with E-state index in [9.17, 15) is 0 Å². The Morgan fingerprint density at radius 2 is 0.963 bits per heavy atom. The Labute approximate surface area is 182 Å². The molecule has 0 heterocycles. The van der Waals surface area contributed by atoms with Crippen LogP contribution < -0.4 is 0 Å². The summed E-state index contributed by atoms with van der Waals surface area (Å²) >= 11 is 6.22. The zero-order chi connectivity index (χ0) is 19.6. The van der Waals surface area contributed by atoms with Gasteiger partial charge in [0, 0.05) is 14.7 Å². The van der Waals surface area contributed by atoms with E-state index >= 15 is 0 Å². The monoisotopic (exact) mass is 425 g/mol. The molecule has 0 aliphatic heterocycles. The summed E-state index contributed by atoms with van der Waals surface area (Å²) in [5.74, 6) is 3.76. The minimum Gasteiger partial charge on any atom is -0.125 e. The van der Waals surface area contributed by atoms with E-state index in [2.05, 4.69) is 74.3 Å². The van der Waals surface area contributed by atoms with Crippen LogP contribution in [0.4, 0.5) is 0 Å². The van der Waals surface area contributed by atoms with Gasteiger partial charge in [-0.15, -0.1) is 35.3 Å². The van der Waals surface area contributed by atoms with Crippen LogP contribution in [0.5, 0.6) is 0 Å². The zero-order valence-electron chi connectivity index (χ0n) is 18.0. The van der Waals surface area contributed by atoms with Gasteiger partial charge >= 0.3 is 0 Å². The summed E-state index contributed by atoms with van der Waals surface area (Å²) < 4.78 is 0. The first-order valence-corrected chi connectivity index (χ1v) is 14.2. The second-order valence-corrected chi connectivity index (χ2v) is 10.6. The molecule has 1 aromatic rings. The lowest BCUT2D eigenvalue weighted by Gasteiger charge is -2.14. The smallest absolute Gasteiger partial charge is 0.0345 e. The van der Waals surface area contributed by atoms with Gasteiger partial charge in [0.25, 0.3) is 0 Å². The van der Waals surface area contributed by atoms with E-state index in [4.69, 9.17) is 0 Å². The highest BCUT2D eigenvalue weighted by Crippen LogP contribution is 2.39. The third kappa shape index (κ3) is 12.4. The molecule has 1 rings (SSSR count). The van der Waals surface area contributed by atoms with Crippen LogP contribution >= 0.6 is 35.3 Å². The molecule has 0 saturated heterocycles. The second-order valence-electron chi connectivity index (χ2n) is 7.24. The third-order valence-electron chi connectivity index (χ3n) is 4.63. The number of benzene rings is 1. The lowest BCUT2D eigenvalue weighted by molar-refractivity contribution is 0.705. The van der Waals surface area contributed by atoms with Gasteiger partial charge in [0.15, 0.2) is 0 Å². The first-order valence-electron chi connectivity index (χ1n) is 11.3. The fraction of sp³-hybridized carbons (Fsp3) is 0.750. The van der Waals surface area contributed by atoms with Gasteiger partial charge < -0.3 is 0 Å². The molecular weight excluding hydrogens is 384 g/mol. The molecule has 0 saturated carbocycles. The molecular formula is C24H41S3. The Hall–Kier alpha value is 0.270. The molecule has 0 aliphatic rings. The Balaban J connectivity index is 2.60. The molecule has 0 aliphatic carbocycles. The molecule has 0 bridgehead atoms. The fourth-order valence-corrected chi connectivity index (χ4v) is 6.58. The second kappa shape index (κ2) is 18.3. The summed E-state index contributed by atoms with van der Waals surface area (Å²) in [6, 6.07) is 7.90. The number of hydrogen-bond donors (Lipinski definition) is 0. The van der Waals surface area contributed by atoms with Gasteiger partial charge in [-0.05, 0) is 54.7 Å². The maximum absolute atomic E-state index is 3.43. The van der Waals surface area contributed by atoms with Crippen molar-refractivity contribution < 1.29 is 0 Å². The molecule has 155 valence electrons. The standard InChI is InChI=1S/C24H41S3/c1-4-7-10-13-19-25-22-17-16-18-23(26-20-14-11-8-5-2)24(22)27-21-15-12-9-6-3/h17-18H,4-15,19-21H2,1-3H3. The molecule has 3 heteroatoms. The zero-order valence-corrected chi connectivity index (χ0v) is 20.4. The van der Waals surface area contributed by atoms with Crippen LogP contribution in [-0.4, -0.2) is 17.3 Å². The molecule has 27 heavy (non-hydrogen) atoms. The van der Waals surface area contributed by atoms with Crippen molar-refractivity contribution in [2.24, 2.45) is 0 Å². The van der Waals surface area contributed by atoms with Crippen LogP contribution in [0.2, 0.25) is 0 Å². The highest BCUT2D eigenvalue weighted by Gasteiger charge is 2.10. The van der Waals surface area contributed by atoms with Gasteiger partial charge in [-0.25, -0.2) is 0 Å². The largest absolute Gasteiger partial charge is 0.125 e. The van der Waals surface area contributed by atoms with Crippen molar-refractivity contribution in [2.45, 2.75) is 113 Å². The fourth-order valence-electron chi connectivity index (χ4n) is 2.93. The maximum atomic E-state index is 3.43. The van der Waals surface area contributed by atoms with Crippen molar-refractivity contribution in [3.63, 3.8) is 0 Å². The first-order chi connectivity index (χ1) is 13.3. The number of unbranched alkanes of at least 4 members (excludes halogenated alkanes) is 9. The van der Waals surface area contributed by atoms with Crippen molar-refractivity contribution in [3.05, 3.63) is 18.2 Å². The van der Waals surface area contributed by atoms with Crippen LogP contribution in [0.25, 0.3) is 0 Å².